The van der Waals surface area contributed by atoms with Gasteiger partial charge in [0.25, 0.3) is 0 Å². The van der Waals surface area contributed by atoms with Crippen LogP contribution >= 0.6 is 0 Å². The fourth-order valence-corrected chi connectivity index (χ4v) is 2.05. The van der Waals surface area contributed by atoms with E-state index in [-0.39, 0.29) is 6.29 Å². The van der Waals surface area contributed by atoms with Crippen LogP contribution in [0, 0.1) is 16.0 Å². The lowest BCUT2D eigenvalue weighted by atomic mass is 9.68. The maximum atomic E-state index is 12.8. The second kappa shape index (κ2) is 3.94. The highest BCUT2D eigenvalue weighted by Crippen LogP contribution is 2.48. The van der Waals surface area contributed by atoms with E-state index in [1.54, 1.807) is 0 Å². The van der Waals surface area contributed by atoms with Crippen molar-refractivity contribution in [1.82, 2.24) is 0 Å². The summed E-state index contributed by atoms with van der Waals surface area (Å²) in [7, 11) is 0. The number of nitro groups is 1. The van der Waals surface area contributed by atoms with E-state index in [2.05, 4.69) is 0 Å². The van der Waals surface area contributed by atoms with Crippen molar-refractivity contribution in [3.05, 3.63) is 10.1 Å². The van der Waals surface area contributed by atoms with Crippen LogP contribution in [-0.2, 0) is 4.79 Å². The molecule has 0 aromatic carbocycles. The summed E-state index contributed by atoms with van der Waals surface area (Å²) >= 11 is 0. The predicted molar refractivity (Wildman–Crippen MR) is 49.8 cm³/mol. The quantitative estimate of drug-likeness (QED) is 0.458. The first kappa shape index (κ1) is 13.9. The van der Waals surface area contributed by atoms with Crippen molar-refractivity contribution in [3.8, 4) is 0 Å². The molecule has 3 atom stereocenters. The Balaban J connectivity index is 3.14. The van der Waals surface area contributed by atoms with E-state index in [0.29, 0.717) is 0 Å². The van der Waals surface area contributed by atoms with E-state index in [0.717, 1.165) is 0 Å². The first-order chi connectivity index (χ1) is 7.57. The number of aliphatic hydroxyl groups is 1. The van der Waals surface area contributed by atoms with Crippen LogP contribution in [0.4, 0.5) is 13.2 Å². The van der Waals surface area contributed by atoms with Crippen LogP contribution in [0.5, 0.6) is 0 Å². The molecule has 0 aromatic heterocycles. The third kappa shape index (κ3) is 2.13. The Hall–Kier alpha value is -1.18. The van der Waals surface area contributed by atoms with Crippen LogP contribution in [0.3, 0.4) is 0 Å². The van der Waals surface area contributed by atoms with Gasteiger partial charge < -0.3 is 9.90 Å². The molecule has 0 bridgehead atoms. The van der Waals surface area contributed by atoms with Crippen molar-refractivity contribution in [2.45, 2.75) is 43.5 Å². The van der Waals surface area contributed by atoms with E-state index in [9.17, 15) is 33.2 Å². The summed E-state index contributed by atoms with van der Waals surface area (Å²) < 4.78 is 38.3. The molecule has 1 N–H and O–H groups in total. The van der Waals surface area contributed by atoms with Gasteiger partial charge in [-0.2, -0.15) is 13.2 Å². The first-order valence-electron chi connectivity index (χ1n) is 4.96. The normalized spacial score (nSPS) is 38.8. The fourth-order valence-electron chi connectivity index (χ4n) is 2.05. The number of halogens is 3. The molecule has 98 valence electrons. The Morgan fingerprint density at radius 2 is 2.00 bits per heavy atom. The Morgan fingerprint density at radius 1 is 1.47 bits per heavy atom. The maximum Gasteiger partial charge on any atom is 0.460 e. The molecule has 1 aliphatic rings. The molecule has 3 unspecified atom stereocenters. The molecule has 0 spiro atoms. The summed E-state index contributed by atoms with van der Waals surface area (Å²) in [6.07, 6.45) is -7.14. The van der Waals surface area contributed by atoms with Gasteiger partial charge in [0, 0.05) is 17.8 Å². The summed E-state index contributed by atoms with van der Waals surface area (Å²) in [5.41, 5.74) is -4.74. The van der Waals surface area contributed by atoms with Crippen molar-refractivity contribution in [2.75, 3.05) is 0 Å². The van der Waals surface area contributed by atoms with Gasteiger partial charge in [-0.25, -0.2) is 0 Å². The second-order valence-corrected chi connectivity index (χ2v) is 4.59. The number of hydrogen-bond donors (Lipinski definition) is 1. The predicted octanol–water partition coefficient (Wildman–Crippen LogP) is 1.31. The molecule has 0 aliphatic heterocycles. The zero-order chi connectivity index (χ0) is 13.5. The van der Waals surface area contributed by atoms with E-state index in [4.69, 9.17) is 0 Å². The average molecular weight is 255 g/mol. The molecule has 0 saturated heterocycles. The lowest BCUT2D eigenvalue weighted by molar-refractivity contribution is -0.620. The highest BCUT2D eigenvalue weighted by molar-refractivity contribution is 5.56. The van der Waals surface area contributed by atoms with Gasteiger partial charge >= 0.3 is 11.7 Å². The topological polar surface area (TPSA) is 80.4 Å². The first-order valence-corrected chi connectivity index (χ1v) is 4.96. The van der Waals surface area contributed by atoms with Crippen LogP contribution in [0.15, 0.2) is 0 Å². The van der Waals surface area contributed by atoms with Crippen LogP contribution in [0.1, 0.15) is 26.2 Å². The molecule has 1 fully saturated rings. The standard InChI is InChI=1S/C9H12F3NO4/c1-7(15)2-3-8(13(16)17,9(10,11)12)4-6(7)5-14/h5-6,15H,2-4H2,1H3. The summed E-state index contributed by atoms with van der Waals surface area (Å²) in [5.74, 6) is -1.39. The minimum Gasteiger partial charge on any atom is -0.389 e. The zero-order valence-electron chi connectivity index (χ0n) is 9.03. The number of aldehydes is 1. The smallest absolute Gasteiger partial charge is 0.389 e. The monoisotopic (exact) mass is 255 g/mol. The number of hydrogen-bond acceptors (Lipinski definition) is 4. The van der Waals surface area contributed by atoms with Crippen molar-refractivity contribution in [1.29, 1.82) is 0 Å². The molecule has 0 aromatic rings. The van der Waals surface area contributed by atoms with Crippen LogP contribution in [-0.4, -0.2) is 33.6 Å². The van der Waals surface area contributed by atoms with Gasteiger partial charge in [0.2, 0.25) is 0 Å². The highest BCUT2D eigenvalue weighted by Gasteiger charge is 2.69. The number of alkyl halides is 3. The van der Waals surface area contributed by atoms with E-state index in [1.807, 2.05) is 0 Å². The van der Waals surface area contributed by atoms with E-state index < -0.39 is 47.4 Å². The molecule has 1 rings (SSSR count). The van der Waals surface area contributed by atoms with Gasteiger partial charge in [-0.05, 0) is 13.3 Å². The molecule has 0 heterocycles. The Labute approximate surface area is 94.8 Å². The Kier molecular flexibility index (Phi) is 3.21. The van der Waals surface area contributed by atoms with Crippen molar-refractivity contribution < 1.29 is 28.0 Å². The van der Waals surface area contributed by atoms with Crippen molar-refractivity contribution in [2.24, 2.45) is 5.92 Å². The van der Waals surface area contributed by atoms with E-state index in [1.165, 1.54) is 6.92 Å². The van der Waals surface area contributed by atoms with Gasteiger partial charge in [0.1, 0.15) is 6.29 Å². The minimum absolute atomic E-state index is 0.156. The Bertz CT molecular complexity index is 342. The molecule has 0 radical (unpaired) electrons. The van der Waals surface area contributed by atoms with Gasteiger partial charge in [0.05, 0.1) is 11.5 Å². The van der Waals surface area contributed by atoms with Crippen molar-refractivity contribution >= 4 is 6.29 Å². The van der Waals surface area contributed by atoms with Gasteiger partial charge in [-0.15, -0.1) is 0 Å². The summed E-state index contributed by atoms with van der Waals surface area (Å²) in [6.45, 7) is 1.21. The number of nitrogens with zero attached hydrogens (tertiary/aromatic N) is 1. The number of rotatable bonds is 2. The maximum absolute atomic E-state index is 12.8. The lowest BCUT2D eigenvalue weighted by Crippen LogP contribution is -2.59. The minimum atomic E-state index is -5.03. The molecule has 0 amide bonds. The molecule has 1 saturated carbocycles. The molecule has 5 nitrogen and oxygen atoms in total. The third-order valence-corrected chi connectivity index (χ3v) is 3.44. The summed E-state index contributed by atoms with van der Waals surface area (Å²) in [4.78, 5) is 20.0. The third-order valence-electron chi connectivity index (χ3n) is 3.44. The molecule has 17 heavy (non-hydrogen) atoms. The largest absolute Gasteiger partial charge is 0.460 e. The van der Waals surface area contributed by atoms with Gasteiger partial charge in [0.15, 0.2) is 0 Å². The number of carbonyl (C=O) groups is 1. The molecule has 8 heteroatoms. The van der Waals surface area contributed by atoms with Crippen LogP contribution < -0.4 is 0 Å². The summed E-state index contributed by atoms with van der Waals surface area (Å²) in [5, 5.41) is 20.4. The zero-order valence-corrected chi connectivity index (χ0v) is 9.03. The fraction of sp³-hybridized carbons (Fsp3) is 0.889. The molecular weight excluding hydrogens is 243 g/mol. The summed E-state index contributed by atoms with van der Waals surface area (Å²) in [6, 6.07) is 0. The van der Waals surface area contributed by atoms with Gasteiger partial charge in [-0.1, -0.05) is 0 Å². The molecular formula is C9H12F3NO4. The highest BCUT2D eigenvalue weighted by atomic mass is 19.4. The second-order valence-electron chi connectivity index (χ2n) is 4.59. The van der Waals surface area contributed by atoms with Crippen LogP contribution in [0.25, 0.3) is 0 Å². The lowest BCUT2D eigenvalue weighted by Gasteiger charge is -2.41. The van der Waals surface area contributed by atoms with Gasteiger partial charge in [-0.3, -0.25) is 10.1 Å². The average Bonchev–Trinajstić information content (AvgIpc) is 2.15. The van der Waals surface area contributed by atoms with Crippen LogP contribution in [0.2, 0.25) is 0 Å². The van der Waals surface area contributed by atoms with Crippen molar-refractivity contribution in [3.63, 3.8) is 0 Å². The van der Waals surface area contributed by atoms with E-state index >= 15 is 0 Å². The SMILES string of the molecule is CC1(O)CCC([N+](=O)[O-])(C(F)(F)F)CC1C=O. The number of carbonyl (C=O) groups excluding carboxylic acids is 1. The molecule has 1 aliphatic carbocycles. The Morgan fingerprint density at radius 3 is 2.35 bits per heavy atom.